The van der Waals surface area contributed by atoms with E-state index in [1.54, 1.807) is 11.8 Å². The summed E-state index contributed by atoms with van der Waals surface area (Å²) in [5.41, 5.74) is 1.99. The van der Waals surface area contributed by atoms with E-state index in [0.717, 1.165) is 30.8 Å². The van der Waals surface area contributed by atoms with Gasteiger partial charge < -0.3 is 15.1 Å². The Bertz CT molecular complexity index is 573. The highest BCUT2D eigenvalue weighted by molar-refractivity contribution is 5.81. The number of amides is 2. The quantitative estimate of drug-likeness (QED) is 0.872. The van der Waals surface area contributed by atoms with Crippen molar-refractivity contribution in [3.05, 3.63) is 29.8 Å². The zero-order chi connectivity index (χ0) is 17.5. The average molecular weight is 331 g/mol. The van der Waals surface area contributed by atoms with E-state index < -0.39 is 0 Å². The molecule has 0 aliphatic carbocycles. The van der Waals surface area contributed by atoms with Gasteiger partial charge in [-0.3, -0.25) is 9.59 Å². The van der Waals surface area contributed by atoms with Crippen LogP contribution in [0.5, 0.6) is 0 Å². The molecule has 5 nitrogen and oxygen atoms in total. The molecule has 24 heavy (non-hydrogen) atoms. The fourth-order valence-corrected chi connectivity index (χ4v) is 3.15. The van der Waals surface area contributed by atoms with Crippen molar-refractivity contribution in [1.29, 1.82) is 0 Å². The Morgan fingerprint density at radius 2 is 2.17 bits per heavy atom. The van der Waals surface area contributed by atoms with Crippen molar-refractivity contribution in [2.75, 3.05) is 31.5 Å². The van der Waals surface area contributed by atoms with Crippen LogP contribution in [0.15, 0.2) is 24.3 Å². The van der Waals surface area contributed by atoms with Crippen LogP contribution in [0.1, 0.15) is 39.2 Å². The Morgan fingerprint density at radius 1 is 1.38 bits per heavy atom. The maximum atomic E-state index is 12.3. The van der Waals surface area contributed by atoms with Crippen LogP contribution in [0.4, 0.5) is 5.69 Å². The molecule has 1 aliphatic heterocycles. The summed E-state index contributed by atoms with van der Waals surface area (Å²) in [6, 6.07) is 7.93. The molecule has 1 N–H and O–H groups in total. The number of likely N-dealkylation sites (tertiary alicyclic amines) is 1. The van der Waals surface area contributed by atoms with E-state index in [-0.39, 0.29) is 11.8 Å². The van der Waals surface area contributed by atoms with Crippen LogP contribution >= 0.6 is 0 Å². The van der Waals surface area contributed by atoms with Crippen molar-refractivity contribution in [1.82, 2.24) is 9.80 Å². The number of anilines is 1. The van der Waals surface area contributed by atoms with E-state index in [4.69, 9.17) is 0 Å². The lowest BCUT2D eigenvalue weighted by atomic mass is 10.0. The minimum Gasteiger partial charge on any atom is -0.376 e. The molecular formula is C19H29N3O2. The van der Waals surface area contributed by atoms with Crippen molar-refractivity contribution in [3.63, 3.8) is 0 Å². The van der Waals surface area contributed by atoms with Crippen molar-refractivity contribution in [2.24, 2.45) is 5.92 Å². The molecule has 5 heteroatoms. The number of nitrogens with one attached hydrogen (secondary N) is 1. The highest BCUT2D eigenvalue weighted by Crippen LogP contribution is 2.16. The first-order chi connectivity index (χ1) is 11.5. The fourth-order valence-electron chi connectivity index (χ4n) is 3.15. The Morgan fingerprint density at radius 3 is 2.83 bits per heavy atom. The lowest BCUT2D eigenvalue weighted by Crippen LogP contribution is -2.41. The zero-order valence-electron chi connectivity index (χ0n) is 15.0. The number of carbonyl (C=O) groups excluding carboxylic acids is 2. The third kappa shape index (κ3) is 5.25. The van der Waals surface area contributed by atoms with Crippen LogP contribution in [-0.2, 0) is 16.1 Å². The van der Waals surface area contributed by atoms with E-state index >= 15 is 0 Å². The van der Waals surface area contributed by atoms with Gasteiger partial charge in [0, 0.05) is 38.8 Å². The van der Waals surface area contributed by atoms with Gasteiger partial charge in [-0.2, -0.15) is 0 Å². The van der Waals surface area contributed by atoms with E-state index in [9.17, 15) is 9.59 Å². The number of piperidine rings is 1. The van der Waals surface area contributed by atoms with Gasteiger partial charge in [0.25, 0.3) is 0 Å². The lowest BCUT2D eigenvalue weighted by molar-refractivity contribution is -0.131. The molecule has 0 bridgehead atoms. The van der Waals surface area contributed by atoms with Crippen molar-refractivity contribution < 1.29 is 9.59 Å². The van der Waals surface area contributed by atoms with Crippen LogP contribution in [0.25, 0.3) is 0 Å². The van der Waals surface area contributed by atoms with E-state index in [0.29, 0.717) is 25.6 Å². The number of carbonyl (C=O) groups is 2. The van der Waals surface area contributed by atoms with Gasteiger partial charge in [0.05, 0.1) is 6.54 Å². The highest BCUT2D eigenvalue weighted by Gasteiger charge is 2.20. The summed E-state index contributed by atoms with van der Waals surface area (Å²) in [4.78, 5) is 27.6. The average Bonchev–Trinajstić information content (AvgIpc) is 2.57. The predicted octanol–water partition coefficient (Wildman–Crippen LogP) is 2.73. The van der Waals surface area contributed by atoms with E-state index in [1.807, 2.05) is 36.1 Å². The number of hydrogen-bond acceptors (Lipinski definition) is 3. The molecule has 1 aliphatic rings. The summed E-state index contributed by atoms with van der Waals surface area (Å²) in [7, 11) is 0. The first kappa shape index (κ1) is 18.3. The summed E-state index contributed by atoms with van der Waals surface area (Å²) in [6.07, 6.45) is 2.31. The molecule has 0 spiro atoms. The largest absolute Gasteiger partial charge is 0.376 e. The summed E-state index contributed by atoms with van der Waals surface area (Å²) in [5, 5.41) is 3.22. The lowest BCUT2D eigenvalue weighted by Gasteiger charge is -2.31. The third-order valence-electron chi connectivity index (χ3n) is 4.58. The Labute approximate surface area is 145 Å². The Kier molecular flexibility index (Phi) is 6.64. The second kappa shape index (κ2) is 8.71. The molecule has 1 fully saturated rings. The molecule has 132 valence electrons. The predicted molar refractivity (Wildman–Crippen MR) is 96.7 cm³/mol. The van der Waals surface area contributed by atoms with Gasteiger partial charge in [-0.25, -0.2) is 0 Å². The highest BCUT2D eigenvalue weighted by atomic mass is 16.2. The summed E-state index contributed by atoms with van der Waals surface area (Å²) in [5.74, 6) is 0.828. The fraction of sp³-hybridized carbons (Fsp3) is 0.579. The molecule has 1 heterocycles. The number of benzene rings is 1. The van der Waals surface area contributed by atoms with Crippen molar-refractivity contribution in [2.45, 2.75) is 40.2 Å². The maximum absolute atomic E-state index is 12.3. The van der Waals surface area contributed by atoms with Gasteiger partial charge in [-0.1, -0.05) is 19.1 Å². The van der Waals surface area contributed by atoms with Crippen molar-refractivity contribution >= 4 is 17.5 Å². The Balaban J connectivity index is 1.89. The molecule has 1 unspecified atom stereocenters. The molecule has 2 amide bonds. The van der Waals surface area contributed by atoms with Crippen molar-refractivity contribution in [3.8, 4) is 0 Å². The van der Waals surface area contributed by atoms with Gasteiger partial charge in [0.1, 0.15) is 0 Å². The monoisotopic (exact) mass is 331 g/mol. The van der Waals surface area contributed by atoms with Gasteiger partial charge in [-0.15, -0.1) is 0 Å². The van der Waals surface area contributed by atoms with Gasteiger partial charge >= 0.3 is 0 Å². The first-order valence-corrected chi connectivity index (χ1v) is 8.85. The second-order valence-electron chi connectivity index (χ2n) is 6.67. The number of nitrogens with zero attached hydrogens (tertiary/aromatic N) is 2. The third-order valence-corrected chi connectivity index (χ3v) is 4.58. The topological polar surface area (TPSA) is 52.7 Å². The number of rotatable bonds is 6. The molecule has 1 aromatic carbocycles. The zero-order valence-corrected chi connectivity index (χ0v) is 15.0. The molecule has 1 atom stereocenters. The Hall–Kier alpha value is -2.04. The van der Waals surface area contributed by atoms with Gasteiger partial charge in [0.15, 0.2) is 0 Å². The first-order valence-electron chi connectivity index (χ1n) is 8.85. The number of hydrogen-bond donors (Lipinski definition) is 1. The standard InChI is InChI=1S/C19H29N3O2/c1-4-21(16(3)23)14-17-8-5-9-18(11-17)20-12-19(24)22-10-6-7-15(2)13-22/h5,8-9,11,15,20H,4,6-7,10,12-14H2,1-3H3. The maximum Gasteiger partial charge on any atom is 0.241 e. The molecule has 0 aromatic heterocycles. The summed E-state index contributed by atoms with van der Waals surface area (Å²) < 4.78 is 0. The molecule has 0 radical (unpaired) electrons. The summed E-state index contributed by atoms with van der Waals surface area (Å²) >= 11 is 0. The minimum atomic E-state index is 0.0743. The van der Waals surface area contributed by atoms with E-state index in [1.165, 1.54) is 6.42 Å². The van der Waals surface area contributed by atoms with Crippen LogP contribution in [-0.4, -0.2) is 47.8 Å². The van der Waals surface area contributed by atoms with E-state index in [2.05, 4.69) is 12.2 Å². The minimum absolute atomic E-state index is 0.0743. The van der Waals surface area contributed by atoms with Crippen LogP contribution in [0, 0.1) is 5.92 Å². The second-order valence-corrected chi connectivity index (χ2v) is 6.67. The summed E-state index contributed by atoms with van der Waals surface area (Å²) in [6.45, 7) is 9.11. The molecule has 2 rings (SSSR count). The SMILES string of the molecule is CCN(Cc1cccc(NCC(=O)N2CCCC(C)C2)c1)C(C)=O. The molecule has 1 saturated heterocycles. The van der Waals surface area contributed by atoms with Crippen LogP contribution < -0.4 is 5.32 Å². The molecule has 0 saturated carbocycles. The molecule has 1 aromatic rings. The smallest absolute Gasteiger partial charge is 0.241 e. The van der Waals surface area contributed by atoms with Crippen LogP contribution in [0.3, 0.4) is 0 Å². The van der Waals surface area contributed by atoms with Gasteiger partial charge in [0.2, 0.25) is 11.8 Å². The normalized spacial score (nSPS) is 17.5. The van der Waals surface area contributed by atoms with Crippen LogP contribution in [0.2, 0.25) is 0 Å². The van der Waals surface area contributed by atoms with Gasteiger partial charge in [-0.05, 0) is 43.4 Å². The molecular weight excluding hydrogens is 302 g/mol.